The third-order valence-corrected chi connectivity index (χ3v) is 3.46. The molecule has 0 aliphatic carbocycles. The Kier molecular flexibility index (Phi) is 4.37. The average Bonchev–Trinajstić information content (AvgIpc) is 2.85. The maximum atomic E-state index is 12.9. The minimum atomic E-state index is -0.463. The van der Waals surface area contributed by atoms with Gasteiger partial charge in [-0.2, -0.15) is 0 Å². The first kappa shape index (κ1) is 13.8. The summed E-state index contributed by atoms with van der Waals surface area (Å²) >= 11 is 0. The highest BCUT2D eigenvalue weighted by atomic mass is 19.1. The van der Waals surface area contributed by atoms with Gasteiger partial charge < -0.3 is 16.0 Å². The molecule has 0 radical (unpaired) electrons. The molecule has 3 N–H and O–H groups in total. The van der Waals surface area contributed by atoms with Crippen molar-refractivity contribution in [3.05, 3.63) is 30.1 Å². The quantitative estimate of drug-likeness (QED) is 0.857. The highest BCUT2D eigenvalue weighted by molar-refractivity contribution is 5.80. The fourth-order valence-corrected chi connectivity index (χ4v) is 2.29. The Morgan fingerprint density at radius 1 is 1.53 bits per heavy atom. The molecule has 1 aromatic carbocycles. The average molecular weight is 265 g/mol. The maximum absolute atomic E-state index is 12.9. The van der Waals surface area contributed by atoms with Crippen LogP contribution in [0.4, 0.5) is 10.1 Å². The number of nitrogens with one attached hydrogen (secondary N) is 1. The van der Waals surface area contributed by atoms with Gasteiger partial charge in [-0.25, -0.2) is 4.39 Å². The zero-order valence-corrected chi connectivity index (χ0v) is 11.1. The van der Waals surface area contributed by atoms with E-state index < -0.39 is 6.04 Å². The van der Waals surface area contributed by atoms with E-state index in [1.165, 1.54) is 12.1 Å². The second kappa shape index (κ2) is 6.02. The van der Waals surface area contributed by atoms with Crippen LogP contribution in [-0.4, -0.2) is 31.6 Å². The molecule has 2 atom stereocenters. The van der Waals surface area contributed by atoms with Crippen LogP contribution in [0, 0.1) is 11.7 Å². The predicted octanol–water partition coefficient (Wildman–Crippen LogP) is 1.12. The summed E-state index contributed by atoms with van der Waals surface area (Å²) in [4.78, 5) is 13.6. The lowest BCUT2D eigenvalue weighted by molar-refractivity contribution is -0.122. The van der Waals surface area contributed by atoms with E-state index in [9.17, 15) is 9.18 Å². The zero-order valence-electron chi connectivity index (χ0n) is 11.1. The smallest absolute Gasteiger partial charge is 0.236 e. The van der Waals surface area contributed by atoms with E-state index in [1.807, 2.05) is 0 Å². The van der Waals surface area contributed by atoms with Crippen molar-refractivity contribution >= 4 is 11.6 Å². The van der Waals surface area contributed by atoms with Gasteiger partial charge in [-0.15, -0.1) is 0 Å². The molecule has 1 aliphatic rings. The van der Waals surface area contributed by atoms with Crippen LogP contribution in [0.3, 0.4) is 0 Å². The molecule has 104 valence electrons. The Morgan fingerprint density at radius 3 is 2.84 bits per heavy atom. The summed E-state index contributed by atoms with van der Waals surface area (Å²) in [6.45, 7) is 4.14. The van der Waals surface area contributed by atoms with Crippen molar-refractivity contribution in [3.8, 4) is 0 Å². The third-order valence-electron chi connectivity index (χ3n) is 3.46. The summed E-state index contributed by atoms with van der Waals surface area (Å²) < 4.78 is 12.9. The first-order valence-electron chi connectivity index (χ1n) is 6.60. The molecule has 0 saturated carbocycles. The number of amides is 1. The standard InChI is InChI=1S/C14H20FN3O/c1-10(16)14(19)17-8-11-6-7-18(9-11)13-4-2-12(15)3-5-13/h2-5,10-11H,6-9,16H2,1H3,(H,17,19)/t10-,11?/m1/s1. The molecule has 1 aromatic rings. The molecule has 0 aromatic heterocycles. The van der Waals surface area contributed by atoms with E-state index in [-0.39, 0.29) is 11.7 Å². The van der Waals surface area contributed by atoms with Gasteiger partial charge in [0.2, 0.25) is 5.91 Å². The van der Waals surface area contributed by atoms with Crippen molar-refractivity contribution in [1.82, 2.24) is 5.32 Å². The van der Waals surface area contributed by atoms with Crippen LogP contribution >= 0.6 is 0 Å². The summed E-state index contributed by atoms with van der Waals surface area (Å²) in [5, 5.41) is 2.85. The van der Waals surface area contributed by atoms with E-state index in [0.29, 0.717) is 12.5 Å². The van der Waals surface area contributed by atoms with E-state index in [1.54, 1.807) is 19.1 Å². The number of nitrogens with two attached hydrogens (primary N) is 1. The van der Waals surface area contributed by atoms with Crippen LogP contribution in [0.5, 0.6) is 0 Å². The van der Waals surface area contributed by atoms with Gasteiger partial charge in [-0.3, -0.25) is 4.79 Å². The topological polar surface area (TPSA) is 58.4 Å². The third kappa shape index (κ3) is 3.67. The van der Waals surface area contributed by atoms with Crippen molar-refractivity contribution < 1.29 is 9.18 Å². The Morgan fingerprint density at radius 2 is 2.21 bits per heavy atom. The number of hydrogen-bond donors (Lipinski definition) is 2. The van der Waals surface area contributed by atoms with Gasteiger partial charge in [-0.1, -0.05) is 0 Å². The number of hydrogen-bond acceptors (Lipinski definition) is 3. The van der Waals surface area contributed by atoms with Crippen molar-refractivity contribution in [2.45, 2.75) is 19.4 Å². The molecule has 1 unspecified atom stereocenters. The van der Waals surface area contributed by atoms with E-state index in [2.05, 4.69) is 10.2 Å². The number of rotatable bonds is 4. The summed E-state index contributed by atoms with van der Waals surface area (Å²) in [6, 6.07) is 6.06. The summed E-state index contributed by atoms with van der Waals surface area (Å²) in [6.07, 6.45) is 1.02. The first-order chi connectivity index (χ1) is 9.06. The molecular formula is C14H20FN3O. The second-order valence-electron chi connectivity index (χ2n) is 5.11. The highest BCUT2D eigenvalue weighted by Gasteiger charge is 2.23. The first-order valence-corrected chi connectivity index (χ1v) is 6.60. The number of halogens is 1. The lowest BCUT2D eigenvalue weighted by Gasteiger charge is -2.19. The molecule has 1 saturated heterocycles. The molecule has 1 heterocycles. The SMILES string of the molecule is C[C@@H](N)C(=O)NCC1CCN(c2ccc(F)cc2)C1. The van der Waals surface area contributed by atoms with Gasteiger partial charge in [0, 0.05) is 25.3 Å². The molecule has 4 nitrogen and oxygen atoms in total. The Hall–Kier alpha value is -1.62. The van der Waals surface area contributed by atoms with Crippen LogP contribution in [0.15, 0.2) is 24.3 Å². The molecule has 5 heteroatoms. The Balaban J connectivity index is 1.83. The monoisotopic (exact) mass is 265 g/mol. The number of nitrogens with zero attached hydrogens (tertiary/aromatic N) is 1. The van der Waals surface area contributed by atoms with Crippen LogP contribution in [-0.2, 0) is 4.79 Å². The van der Waals surface area contributed by atoms with Crippen LogP contribution < -0.4 is 16.0 Å². The number of carbonyl (C=O) groups is 1. The van der Waals surface area contributed by atoms with Gasteiger partial charge in [0.05, 0.1) is 6.04 Å². The van der Waals surface area contributed by atoms with Crippen LogP contribution in [0.2, 0.25) is 0 Å². The van der Waals surface area contributed by atoms with Gasteiger partial charge in [0.1, 0.15) is 5.82 Å². The Bertz CT molecular complexity index is 433. The van der Waals surface area contributed by atoms with Gasteiger partial charge in [0.25, 0.3) is 0 Å². The largest absolute Gasteiger partial charge is 0.371 e. The Labute approximate surface area is 112 Å². The fourth-order valence-electron chi connectivity index (χ4n) is 2.29. The molecule has 19 heavy (non-hydrogen) atoms. The van der Waals surface area contributed by atoms with Crippen LogP contribution in [0.25, 0.3) is 0 Å². The number of benzene rings is 1. The van der Waals surface area contributed by atoms with Gasteiger partial charge in [0.15, 0.2) is 0 Å². The van der Waals surface area contributed by atoms with E-state index in [4.69, 9.17) is 5.73 Å². The lowest BCUT2D eigenvalue weighted by atomic mass is 10.1. The van der Waals surface area contributed by atoms with Gasteiger partial charge >= 0.3 is 0 Å². The van der Waals surface area contributed by atoms with Crippen molar-refractivity contribution in [3.63, 3.8) is 0 Å². The van der Waals surface area contributed by atoms with Crippen molar-refractivity contribution in [1.29, 1.82) is 0 Å². The highest BCUT2D eigenvalue weighted by Crippen LogP contribution is 2.23. The predicted molar refractivity (Wildman–Crippen MR) is 73.4 cm³/mol. The molecular weight excluding hydrogens is 245 g/mol. The van der Waals surface area contributed by atoms with E-state index in [0.717, 1.165) is 25.2 Å². The molecule has 1 aliphatic heterocycles. The second-order valence-corrected chi connectivity index (χ2v) is 5.11. The lowest BCUT2D eigenvalue weighted by Crippen LogP contribution is -2.40. The number of carbonyl (C=O) groups excluding carboxylic acids is 1. The molecule has 1 fully saturated rings. The molecule has 0 bridgehead atoms. The van der Waals surface area contributed by atoms with Crippen molar-refractivity contribution in [2.24, 2.45) is 11.7 Å². The maximum Gasteiger partial charge on any atom is 0.236 e. The minimum absolute atomic E-state index is 0.111. The van der Waals surface area contributed by atoms with Gasteiger partial charge in [-0.05, 0) is 43.5 Å². The number of anilines is 1. The molecule has 1 amide bonds. The van der Waals surface area contributed by atoms with E-state index >= 15 is 0 Å². The normalized spacial score (nSPS) is 20.4. The summed E-state index contributed by atoms with van der Waals surface area (Å²) in [5.74, 6) is 0.0941. The minimum Gasteiger partial charge on any atom is -0.371 e. The summed E-state index contributed by atoms with van der Waals surface area (Å²) in [5.41, 5.74) is 6.53. The molecule has 2 rings (SSSR count). The van der Waals surface area contributed by atoms with Crippen molar-refractivity contribution in [2.75, 3.05) is 24.5 Å². The molecule has 0 spiro atoms. The summed E-state index contributed by atoms with van der Waals surface area (Å²) in [7, 11) is 0. The van der Waals surface area contributed by atoms with Crippen LogP contribution in [0.1, 0.15) is 13.3 Å². The zero-order chi connectivity index (χ0) is 13.8. The fraction of sp³-hybridized carbons (Fsp3) is 0.500.